The third-order valence-electron chi connectivity index (χ3n) is 3.08. The van der Waals surface area contributed by atoms with E-state index in [-0.39, 0.29) is 16.3 Å². The Balaban J connectivity index is 2.09. The largest absolute Gasteiger partial charge is 0.276 e. The van der Waals surface area contributed by atoms with Crippen LogP contribution in [-0.2, 0) is 10.0 Å². The highest BCUT2D eigenvalue weighted by molar-refractivity contribution is 7.89. The average molecular weight is 376 g/mol. The lowest BCUT2D eigenvalue weighted by Crippen LogP contribution is -2.18. The molecular weight excluding hydrogens is 364 g/mol. The van der Waals surface area contributed by atoms with Crippen LogP contribution in [0.25, 0.3) is 6.08 Å². The Labute approximate surface area is 147 Å². The van der Waals surface area contributed by atoms with E-state index in [0.717, 1.165) is 18.3 Å². The molecule has 0 unspecified atom stereocenters. The maximum Gasteiger partial charge on any atom is 0.276 e. The third kappa shape index (κ3) is 4.70. The molecule has 11 heteroatoms. The minimum absolute atomic E-state index is 0.102. The molecule has 0 aromatic heterocycles. The number of hydrazone groups is 1. The summed E-state index contributed by atoms with van der Waals surface area (Å²) in [5.74, 6) is 0. The minimum atomic E-state index is -4.08. The van der Waals surface area contributed by atoms with E-state index in [9.17, 15) is 28.6 Å². The molecule has 2 aromatic rings. The second-order valence-electron chi connectivity index (χ2n) is 4.80. The van der Waals surface area contributed by atoms with Crippen molar-refractivity contribution < 1.29 is 18.3 Å². The van der Waals surface area contributed by atoms with Crippen LogP contribution in [0.4, 0.5) is 11.4 Å². The van der Waals surface area contributed by atoms with Crippen LogP contribution in [0.2, 0.25) is 0 Å². The van der Waals surface area contributed by atoms with Crippen LogP contribution in [0.5, 0.6) is 0 Å². The topological polar surface area (TPSA) is 145 Å². The zero-order valence-electron chi connectivity index (χ0n) is 13.1. The highest BCUT2D eigenvalue weighted by atomic mass is 32.2. The first-order valence-corrected chi connectivity index (χ1v) is 8.49. The van der Waals surface area contributed by atoms with Crippen molar-refractivity contribution in [1.82, 2.24) is 4.83 Å². The van der Waals surface area contributed by atoms with E-state index in [1.54, 1.807) is 6.07 Å². The first-order chi connectivity index (χ1) is 12.3. The lowest BCUT2D eigenvalue weighted by molar-refractivity contribution is -0.385. The number of sulfonamides is 1. The minimum Gasteiger partial charge on any atom is -0.258 e. The first kappa shape index (κ1) is 18.7. The molecule has 2 aromatic carbocycles. The van der Waals surface area contributed by atoms with Gasteiger partial charge in [-0.05, 0) is 24.3 Å². The number of nitro groups is 2. The molecule has 0 spiro atoms. The summed E-state index contributed by atoms with van der Waals surface area (Å²) in [6.45, 7) is 0. The zero-order valence-corrected chi connectivity index (χ0v) is 13.9. The lowest BCUT2D eigenvalue weighted by Gasteiger charge is -2.02. The van der Waals surface area contributed by atoms with Gasteiger partial charge >= 0.3 is 0 Å². The molecule has 0 radical (unpaired) electrons. The number of non-ortho nitro benzene ring substituents is 1. The van der Waals surface area contributed by atoms with Gasteiger partial charge in [0.05, 0.1) is 20.3 Å². The van der Waals surface area contributed by atoms with E-state index in [1.807, 2.05) is 4.83 Å². The molecule has 10 nitrogen and oxygen atoms in total. The van der Waals surface area contributed by atoms with E-state index in [0.29, 0.717) is 5.56 Å². The Morgan fingerprint density at radius 2 is 1.73 bits per heavy atom. The second kappa shape index (κ2) is 7.98. The Kier molecular flexibility index (Phi) is 5.75. The number of rotatable bonds is 7. The predicted molar refractivity (Wildman–Crippen MR) is 94.0 cm³/mol. The van der Waals surface area contributed by atoms with Crippen LogP contribution >= 0.6 is 0 Å². The van der Waals surface area contributed by atoms with E-state index in [2.05, 4.69) is 5.10 Å². The van der Waals surface area contributed by atoms with Crippen molar-refractivity contribution >= 4 is 33.7 Å². The number of nitrogens with one attached hydrogen (secondary N) is 1. The Morgan fingerprint density at radius 3 is 2.42 bits per heavy atom. The number of nitro benzene ring substituents is 2. The van der Waals surface area contributed by atoms with E-state index in [4.69, 9.17) is 0 Å². The summed E-state index contributed by atoms with van der Waals surface area (Å²) in [7, 11) is -4.08. The SMILES string of the molecule is O=[N+]([O-])c1cccc(S(=O)(=O)NN=CC=Cc2ccccc2[N+](=O)[O-])c1. The van der Waals surface area contributed by atoms with Crippen LogP contribution in [0.1, 0.15) is 5.56 Å². The van der Waals surface area contributed by atoms with Crippen molar-refractivity contribution in [3.63, 3.8) is 0 Å². The molecule has 0 saturated heterocycles. The van der Waals surface area contributed by atoms with Crippen LogP contribution in [0.15, 0.2) is 64.6 Å². The number of hydrogen-bond donors (Lipinski definition) is 1. The third-order valence-corrected chi connectivity index (χ3v) is 4.30. The van der Waals surface area contributed by atoms with Gasteiger partial charge in [-0.3, -0.25) is 20.2 Å². The monoisotopic (exact) mass is 376 g/mol. The second-order valence-corrected chi connectivity index (χ2v) is 6.46. The summed E-state index contributed by atoms with van der Waals surface area (Å²) in [6, 6.07) is 10.5. The number of allylic oxidation sites excluding steroid dienone is 1. The van der Waals surface area contributed by atoms with E-state index in [1.165, 1.54) is 42.5 Å². The Hall–Kier alpha value is -3.60. The molecule has 0 amide bonds. The molecule has 0 fully saturated rings. The van der Waals surface area contributed by atoms with Crippen LogP contribution in [0.3, 0.4) is 0 Å². The summed E-state index contributed by atoms with van der Waals surface area (Å²) in [5.41, 5.74) is -0.145. The molecule has 1 N–H and O–H groups in total. The van der Waals surface area contributed by atoms with Gasteiger partial charge in [0.2, 0.25) is 0 Å². The van der Waals surface area contributed by atoms with Gasteiger partial charge in [-0.15, -0.1) is 0 Å². The van der Waals surface area contributed by atoms with Crippen molar-refractivity contribution in [2.24, 2.45) is 5.10 Å². The molecule has 0 saturated carbocycles. The lowest BCUT2D eigenvalue weighted by atomic mass is 10.2. The molecule has 0 bridgehead atoms. The number of benzene rings is 2. The number of hydrogen-bond acceptors (Lipinski definition) is 7. The van der Waals surface area contributed by atoms with Crippen LogP contribution in [-0.4, -0.2) is 24.5 Å². The smallest absolute Gasteiger partial charge is 0.258 e. The van der Waals surface area contributed by atoms with Gasteiger partial charge in [0.25, 0.3) is 21.4 Å². The fraction of sp³-hybridized carbons (Fsp3) is 0. The maximum absolute atomic E-state index is 12.0. The van der Waals surface area contributed by atoms with Gasteiger partial charge in [-0.25, -0.2) is 4.83 Å². The molecule has 0 atom stereocenters. The molecule has 0 heterocycles. The standard InChI is InChI=1S/C15H12N4O6S/c20-18(21)13-7-3-8-14(11-13)26(24,25)17-16-10-4-6-12-5-1-2-9-15(12)19(22)23/h1-11,17H. The van der Waals surface area contributed by atoms with Gasteiger partial charge in [0.15, 0.2) is 0 Å². The quantitative estimate of drug-likeness (QED) is 0.446. The fourth-order valence-corrected chi connectivity index (χ4v) is 2.74. The maximum atomic E-state index is 12.0. The molecule has 134 valence electrons. The van der Waals surface area contributed by atoms with E-state index >= 15 is 0 Å². The number of para-hydroxylation sites is 1. The normalized spacial score (nSPS) is 11.7. The van der Waals surface area contributed by atoms with E-state index < -0.39 is 19.9 Å². The highest BCUT2D eigenvalue weighted by Crippen LogP contribution is 2.19. The summed E-state index contributed by atoms with van der Waals surface area (Å²) in [5, 5.41) is 25.1. The van der Waals surface area contributed by atoms with Gasteiger partial charge in [-0.1, -0.05) is 18.2 Å². The molecular formula is C15H12N4O6S. The Bertz CT molecular complexity index is 1000. The Morgan fingerprint density at radius 1 is 1.00 bits per heavy atom. The average Bonchev–Trinajstić information content (AvgIpc) is 2.61. The predicted octanol–water partition coefficient (Wildman–Crippen LogP) is 2.48. The van der Waals surface area contributed by atoms with Gasteiger partial charge in [0, 0.05) is 24.4 Å². The number of nitrogens with zero attached hydrogens (tertiary/aromatic N) is 3. The molecule has 0 aliphatic rings. The highest BCUT2D eigenvalue weighted by Gasteiger charge is 2.16. The molecule has 26 heavy (non-hydrogen) atoms. The van der Waals surface area contributed by atoms with Gasteiger partial charge in [-0.2, -0.15) is 13.5 Å². The van der Waals surface area contributed by atoms with Crippen molar-refractivity contribution in [3.8, 4) is 0 Å². The molecule has 0 aliphatic heterocycles. The van der Waals surface area contributed by atoms with Gasteiger partial charge in [0.1, 0.15) is 0 Å². The summed E-state index contributed by atoms with van der Waals surface area (Å²) >= 11 is 0. The van der Waals surface area contributed by atoms with Crippen molar-refractivity contribution in [1.29, 1.82) is 0 Å². The van der Waals surface area contributed by atoms with Crippen molar-refractivity contribution in [2.45, 2.75) is 4.90 Å². The van der Waals surface area contributed by atoms with Crippen LogP contribution < -0.4 is 4.83 Å². The van der Waals surface area contributed by atoms with Crippen LogP contribution in [0, 0.1) is 20.2 Å². The summed E-state index contributed by atoms with van der Waals surface area (Å²) in [6.07, 6.45) is 3.80. The molecule has 2 rings (SSSR count). The summed E-state index contributed by atoms with van der Waals surface area (Å²) < 4.78 is 24.0. The van der Waals surface area contributed by atoms with Gasteiger partial charge < -0.3 is 0 Å². The van der Waals surface area contributed by atoms with Crippen molar-refractivity contribution in [3.05, 3.63) is 80.4 Å². The molecule has 0 aliphatic carbocycles. The summed E-state index contributed by atoms with van der Waals surface area (Å²) in [4.78, 5) is 21.9. The fourth-order valence-electron chi connectivity index (χ4n) is 1.90. The van der Waals surface area contributed by atoms with Crippen molar-refractivity contribution in [2.75, 3.05) is 0 Å². The first-order valence-electron chi connectivity index (χ1n) is 7.00. The zero-order chi connectivity index (χ0) is 19.2.